The normalized spacial score (nSPS) is 19.1. The van der Waals surface area contributed by atoms with Gasteiger partial charge in [0.2, 0.25) is 5.91 Å². The van der Waals surface area contributed by atoms with Crippen LogP contribution in [0.1, 0.15) is 38.2 Å². The summed E-state index contributed by atoms with van der Waals surface area (Å²) in [6, 6.07) is 7.81. The summed E-state index contributed by atoms with van der Waals surface area (Å²) >= 11 is 0. The van der Waals surface area contributed by atoms with Gasteiger partial charge >= 0.3 is 5.97 Å². The molecule has 1 aliphatic carbocycles. The SMILES string of the molecule is CC(N)(Cc1c[nH]c2ccccc12)C(=O)NC1(C(=O)O)CCCC1. The Morgan fingerprint density at radius 3 is 2.67 bits per heavy atom. The molecule has 6 heteroatoms. The van der Waals surface area contributed by atoms with Crippen LogP contribution in [0.4, 0.5) is 0 Å². The molecule has 1 aliphatic rings. The van der Waals surface area contributed by atoms with E-state index in [4.69, 9.17) is 5.73 Å². The Morgan fingerprint density at radius 1 is 1.33 bits per heavy atom. The minimum Gasteiger partial charge on any atom is -0.480 e. The van der Waals surface area contributed by atoms with Crippen LogP contribution in [-0.2, 0) is 16.0 Å². The highest BCUT2D eigenvalue weighted by atomic mass is 16.4. The van der Waals surface area contributed by atoms with Crippen LogP contribution in [0, 0.1) is 0 Å². The standard InChI is InChI=1S/C18H23N3O3/c1-17(19,10-12-11-20-14-7-3-2-6-13(12)14)15(22)21-18(16(23)24)8-4-5-9-18/h2-3,6-7,11,20H,4-5,8-10,19H2,1H3,(H,21,22)(H,23,24). The van der Waals surface area contributed by atoms with E-state index in [2.05, 4.69) is 10.3 Å². The van der Waals surface area contributed by atoms with Crippen molar-refractivity contribution in [2.24, 2.45) is 5.73 Å². The van der Waals surface area contributed by atoms with Gasteiger partial charge in [-0.15, -0.1) is 0 Å². The van der Waals surface area contributed by atoms with Crippen molar-refractivity contribution in [2.45, 2.75) is 50.1 Å². The van der Waals surface area contributed by atoms with E-state index in [1.807, 2.05) is 30.5 Å². The van der Waals surface area contributed by atoms with Crippen LogP contribution in [0.25, 0.3) is 10.9 Å². The Balaban J connectivity index is 1.79. The van der Waals surface area contributed by atoms with Crippen molar-refractivity contribution in [3.63, 3.8) is 0 Å². The lowest BCUT2D eigenvalue weighted by atomic mass is 9.90. The number of aromatic amines is 1. The van der Waals surface area contributed by atoms with E-state index in [9.17, 15) is 14.7 Å². The van der Waals surface area contributed by atoms with Crippen molar-refractivity contribution in [2.75, 3.05) is 0 Å². The first-order valence-corrected chi connectivity index (χ1v) is 8.24. The molecule has 128 valence electrons. The van der Waals surface area contributed by atoms with Crippen LogP contribution in [-0.4, -0.2) is 33.0 Å². The number of benzene rings is 1. The van der Waals surface area contributed by atoms with Crippen LogP contribution < -0.4 is 11.1 Å². The molecule has 24 heavy (non-hydrogen) atoms. The number of para-hydroxylation sites is 1. The molecule has 0 saturated heterocycles. The Bertz CT molecular complexity index is 773. The summed E-state index contributed by atoms with van der Waals surface area (Å²) < 4.78 is 0. The maximum Gasteiger partial charge on any atom is 0.329 e. The van der Waals surface area contributed by atoms with Crippen LogP contribution in [0.15, 0.2) is 30.5 Å². The zero-order valence-electron chi connectivity index (χ0n) is 13.8. The van der Waals surface area contributed by atoms with Gasteiger partial charge in [0, 0.05) is 23.5 Å². The molecule has 3 rings (SSSR count). The molecule has 1 aromatic carbocycles. The maximum atomic E-state index is 12.7. The molecule has 1 atom stereocenters. The molecule has 1 fully saturated rings. The highest BCUT2D eigenvalue weighted by Gasteiger charge is 2.45. The molecule has 1 heterocycles. The molecule has 0 bridgehead atoms. The molecule has 6 nitrogen and oxygen atoms in total. The number of amides is 1. The average molecular weight is 329 g/mol. The lowest BCUT2D eigenvalue weighted by Gasteiger charge is -2.31. The molecule has 0 aliphatic heterocycles. The second kappa shape index (κ2) is 5.94. The fourth-order valence-electron chi connectivity index (χ4n) is 3.48. The van der Waals surface area contributed by atoms with Gasteiger partial charge in [-0.2, -0.15) is 0 Å². The zero-order valence-corrected chi connectivity index (χ0v) is 13.8. The van der Waals surface area contributed by atoms with Crippen molar-refractivity contribution < 1.29 is 14.7 Å². The number of carboxylic acids is 1. The van der Waals surface area contributed by atoms with Crippen molar-refractivity contribution in [1.29, 1.82) is 0 Å². The number of carboxylic acid groups (broad SMARTS) is 1. The van der Waals surface area contributed by atoms with Crippen molar-refractivity contribution in [3.8, 4) is 0 Å². The fraction of sp³-hybridized carbons (Fsp3) is 0.444. The average Bonchev–Trinajstić information content (AvgIpc) is 3.16. The zero-order chi connectivity index (χ0) is 17.4. The fourth-order valence-corrected chi connectivity index (χ4v) is 3.48. The summed E-state index contributed by atoms with van der Waals surface area (Å²) in [6.45, 7) is 1.65. The molecule has 0 spiro atoms. The van der Waals surface area contributed by atoms with Crippen LogP contribution in [0.2, 0.25) is 0 Å². The quantitative estimate of drug-likeness (QED) is 0.672. The smallest absolute Gasteiger partial charge is 0.329 e. The number of carbonyl (C=O) groups is 2. The molecule has 5 N–H and O–H groups in total. The number of nitrogens with two attached hydrogens (primary N) is 1. The maximum absolute atomic E-state index is 12.7. The molecule has 1 aromatic heterocycles. The number of aliphatic carboxylic acids is 1. The van der Waals surface area contributed by atoms with Gasteiger partial charge in [0.05, 0.1) is 5.54 Å². The van der Waals surface area contributed by atoms with Crippen LogP contribution >= 0.6 is 0 Å². The third-order valence-corrected chi connectivity index (χ3v) is 4.97. The Hall–Kier alpha value is -2.34. The number of rotatable bonds is 5. The van der Waals surface area contributed by atoms with Gasteiger partial charge in [-0.25, -0.2) is 4.79 Å². The number of carbonyl (C=O) groups excluding carboxylic acids is 1. The Labute approximate surface area is 140 Å². The second-order valence-corrected chi connectivity index (χ2v) is 7.00. The van der Waals surface area contributed by atoms with E-state index < -0.39 is 23.0 Å². The molecule has 0 radical (unpaired) electrons. The largest absolute Gasteiger partial charge is 0.480 e. The second-order valence-electron chi connectivity index (χ2n) is 7.00. The number of fused-ring (bicyclic) bond motifs is 1. The van der Waals surface area contributed by atoms with Gasteiger partial charge in [-0.1, -0.05) is 31.0 Å². The van der Waals surface area contributed by atoms with E-state index in [0.717, 1.165) is 29.3 Å². The summed E-state index contributed by atoms with van der Waals surface area (Å²) in [5, 5.41) is 13.3. The molecular weight excluding hydrogens is 306 g/mol. The highest BCUT2D eigenvalue weighted by Crippen LogP contribution is 2.31. The van der Waals surface area contributed by atoms with Gasteiger partial charge in [0.15, 0.2) is 0 Å². The minimum atomic E-state index is -1.18. The minimum absolute atomic E-state index is 0.332. The third-order valence-electron chi connectivity index (χ3n) is 4.97. The van der Waals surface area contributed by atoms with E-state index in [1.165, 1.54) is 0 Å². The monoisotopic (exact) mass is 329 g/mol. The Kier molecular flexibility index (Phi) is 4.09. The first kappa shape index (κ1) is 16.5. The van der Waals surface area contributed by atoms with Crippen molar-refractivity contribution >= 4 is 22.8 Å². The topological polar surface area (TPSA) is 108 Å². The predicted octanol–water partition coefficient (Wildman–Crippen LogP) is 1.94. The number of hydrogen-bond acceptors (Lipinski definition) is 3. The first-order chi connectivity index (χ1) is 11.3. The number of nitrogens with one attached hydrogen (secondary N) is 2. The van der Waals surface area contributed by atoms with Gasteiger partial charge < -0.3 is 21.1 Å². The van der Waals surface area contributed by atoms with Crippen LogP contribution in [0.5, 0.6) is 0 Å². The van der Waals surface area contributed by atoms with Crippen LogP contribution in [0.3, 0.4) is 0 Å². The van der Waals surface area contributed by atoms with Crippen molar-refractivity contribution in [1.82, 2.24) is 10.3 Å². The summed E-state index contributed by atoms with van der Waals surface area (Å²) in [5.74, 6) is -1.40. The number of H-pyrrole nitrogens is 1. The summed E-state index contributed by atoms with van der Waals surface area (Å²) in [5.41, 5.74) is 5.84. The lowest BCUT2D eigenvalue weighted by molar-refractivity contribution is -0.148. The van der Waals surface area contributed by atoms with Gasteiger partial charge in [0.1, 0.15) is 5.54 Å². The lowest BCUT2D eigenvalue weighted by Crippen LogP contribution is -2.61. The molecule has 2 aromatic rings. The predicted molar refractivity (Wildman–Crippen MR) is 91.6 cm³/mol. The summed E-state index contributed by atoms with van der Waals surface area (Å²) in [6.07, 6.45) is 4.70. The number of hydrogen-bond donors (Lipinski definition) is 4. The third kappa shape index (κ3) is 2.89. The molecule has 1 unspecified atom stereocenters. The first-order valence-electron chi connectivity index (χ1n) is 8.24. The summed E-state index contributed by atoms with van der Waals surface area (Å²) in [7, 11) is 0. The number of aromatic nitrogens is 1. The van der Waals surface area contributed by atoms with Gasteiger partial charge in [0.25, 0.3) is 0 Å². The van der Waals surface area contributed by atoms with Gasteiger partial charge in [-0.05, 0) is 31.4 Å². The molecule has 1 amide bonds. The van der Waals surface area contributed by atoms with E-state index in [-0.39, 0.29) is 0 Å². The van der Waals surface area contributed by atoms with E-state index in [0.29, 0.717) is 19.3 Å². The molecule has 1 saturated carbocycles. The highest BCUT2D eigenvalue weighted by molar-refractivity contribution is 5.93. The van der Waals surface area contributed by atoms with E-state index >= 15 is 0 Å². The Morgan fingerprint density at radius 2 is 2.00 bits per heavy atom. The van der Waals surface area contributed by atoms with E-state index in [1.54, 1.807) is 6.92 Å². The van der Waals surface area contributed by atoms with Crippen molar-refractivity contribution in [3.05, 3.63) is 36.0 Å². The summed E-state index contributed by atoms with van der Waals surface area (Å²) in [4.78, 5) is 27.5. The molecular formula is C18H23N3O3. The van der Waals surface area contributed by atoms with Gasteiger partial charge in [-0.3, -0.25) is 4.79 Å².